The van der Waals surface area contributed by atoms with Crippen molar-refractivity contribution >= 4 is 6.29 Å². The number of carbonyl (C=O) groups is 1. The molecule has 2 aromatic rings. The van der Waals surface area contributed by atoms with Gasteiger partial charge in [-0.05, 0) is 24.6 Å². The summed E-state index contributed by atoms with van der Waals surface area (Å²) in [4.78, 5) is 10.5. The lowest BCUT2D eigenvalue weighted by atomic mass is 10.0. The van der Waals surface area contributed by atoms with Gasteiger partial charge in [-0.15, -0.1) is 0 Å². The quantitative estimate of drug-likeness (QED) is 0.802. The lowest BCUT2D eigenvalue weighted by Crippen LogP contribution is -1.93. The Morgan fingerprint density at radius 1 is 1.25 bits per heavy atom. The van der Waals surface area contributed by atoms with Crippen LogP contribution in [0.4, 0.5) is 0 Å². The average Bonchev–Trinajstić information content (AvgIpc) is 2.77. The van der Waals surface area contributed by atoms with E-state index in [0.717, 1.165) is 11.1 Å². The van der Waals surface area contributed by atoms with Gasteiger partial charge in [-0.1, -0.05) is 24.3 Å². The summed E-state index contributed by atoms with van der Waals surface area (Å²) in [6.07, 6.45) is 0.0927. The minimum atomic E-state index is -0.569. The maximum Gasteiger partial charge on any atom is 0.185 e. The zero-order valence-corrected chi connectivity index (χ0v) is 8.88. The Morgan fingerprint density at radius 2 is 2.00 bits per heavy atom. The molecule has 0 aliphatic carbocycles. The minimum Gasteiger partial charge on any atom is -0.453 e. The molecule has 82 valence electrons. The Kier molecular flexibility index (Phi) is 2.88. The minimum absolute atomic E-state index is 0.287. The number of benzene rings is 1. The molecule has 3 nitrogen and oxygen atoms in total. The third-order valence-corrected chi connectivity index (χ3v) is 2.42. The highest BCUT2D eigenvalue weighted by atomic mass is 16.3. The Morgan fingerprint density at radius 3 is 2.62 bits per heavy atom. The number of aldehydes is 1. The normalized spacial score (nSPS) is 12.4. The van der Waals surface area contributed by atoms with E-state index in [-0.39, 0.29) is 5.76 Å². The first-order chi connectivity index (χ1) is 7.72. The molecule has 0 bridgehead atoms. The topological polar surface area (TPSA) is 50.4 Å². The van der Waals surface area contributed by atoms with Crippen LogP contribution in [-0.4, -0.2) is 11.4 Å². The van der Waals surface area contributed by atoms with Gasteiger partial charge in [0.15, 0.2) is 12.0 Å². The second kappa shape index (κ2) is 4.33. The number of hydrogen-bond donors (Lipinski definition) is 1. The van der Waals surface area contributed by atoms with Crippen LogP contribution in [0.3, 0.4) is 0 Å². The van der Waals surface area contributed by atoms with Crippen molar-refractivity contribution in [3.8, 4) is 11.3 Å². The molecule has 0 spiro atoms. The van der Waals surface area contributed by atoms with Crippen LogP contribution in [0.2, 0.25) is 0 Å². The van der Waals surface area contributed by atoms with Gasteiger partial charge in [-0.25, -0.2) is 0 Å². The molecule has 0 radical (unpaired) electrons. The van der Waals surface area contributed by atoms with Crippen molar-refractivity contribution in [1.82, 2.24) is 0 Å². The van der Waals surface area contributed by atoms with Crippen LogP contribution < -0.4 is 0 Å². The fourth-order valence-electron chi connectivity index (χ4n) is 1.65. The zero-order valence-electron chi connectivity index (χ0n) is 8.88. The van der Waals surface area contributed by atoms with Crippen LogP contribution >= 0.6 is 0 Å². The lowest BCUT2D eigenvalue weighted by Gasteiger charge is -2.09. The number of aliphatic hydroxyl groups excluding tert-OH is 1. The smallest absolute Gasteiger partial charge is 0.185 e. The van der Waals surface area contributed by atoms with E-state index in [0.29, 0.717) is 12.0 Å². The van der Waals surface area contributed by atoms with Crippen LogP contribution in [0, 0.1) is 0 Å². The number of rotatable bonds is 3. The van der Waals surface area contributed by atoms with Crippen LogP contribution in [0.5, 0.6) is 0 Å². The van der Waals surface area contributed by atoms with Gasteiger partial charge in [0.05, 0.1) is 6.10 Å². The molecule has 1 heterocycles. The van der Waals surface area contributed by atoms with E-state index in [1.165, 1.54) is 0 Å². The molecule has 0 amide bonds. The van der Waals surface area contributed by atoms with E-state index >= 15 is 0 Å². The zero-order chi connectivity index (χ0) is 11.5. The van der Waals surface area contributed by atoms with E-state index < -0.39 is 6.10 Å². The summed E-state index contributed by atoms with van der Waals surface area (Å²) in [6, 6.07) is 10.8. The number of furan rings is 1. The summed E-state index contributed by atoms with van der Waals surface area (Å²) in [5, 5.41) is 9.62. The van der Waals surface area contributed by atoms with Crippen molar-refractivity contribution in [3.63, 3.8) is 0 Å². The summed E-state index contributed by atoms with van der Waals surface area (Å²) < 4.78 is 5.33. The lowest BCUT2D eigenvalue weighted by molar-refractivity contribution is 0.110. The van der Waals surface area contributed by atoms with Crippen molar-refractivity contribution in [2.45, 2.75) is 13.0 Å². The molecule has 1 aromatic heterocycles. The van der Waals surface area contributed by atoms with Gasteiger partial charge in [-0.2, -0.15) is 0 Å². The molecule has 1 unspecified atom stereocenters. The largest absolute Gasteiger partial charge is 0.453 e. The first kappa shape index (κ1) is 10.6. The van der Waals surface area contributed by atoms with Crippen LogP contribution in [-0.2, 0) is 0 Å². The van der Waals surface area contributed by atoms with Crippen molar-refractivity contribution in [2.75, 3.05) is 0 Å². The standard InChI is InChI=1S/C13H12O3/c1-9(15)11-4-2-3-5-12(11)13-7-6-10(8-14)16-13/h2-9,15H,1H3. The Labute approximate surface area is 93.3 Å². The van der Waals surface area contributed by atoms with Gasteiger partial charge in [0.25, 0.3) is 0 Å². The summed E-state index contributed by atoms with van der Waals surface area (Å²) in [6.45, 7) is 1.70. The van der Waals surface area contributed by atoms with Gasteiger partial charge in [-0.3, -0.25) is 4.79 Å². The molecule has 0 saturated heterocycles. The third kappa shape index (κ3) is 1.90. The van der Waals surface area contributed by atoms with E-state index in [2.05, 4.69) is 0 Å². The maximum atomic E-state index is 10.5. The number of aliphatic hydroxyl groups is 1. The SMILES string of the molecule is CC(O)c1ccccc1-c1ccc(C=O)o1. The molecular formula is C13H12O3. The average molecular weight is 216 g/mol. The summed E-state index contributed by atoms with van der Waals surface area (Å²) in [7, 11) is 0. The molecule has 1 N–H and O–H groups in total. The van der Waals surface area contributed by atoms with Gasteiger partial charge < -0.3 is 9.52 Å². The Bertz CT molecular complexity index is 497. The Hall–Kier alpha value is -1.87. The highest BCUT2D eigenvalue weighted by Crippen LogP contribution is 2.29. The molecule has 2 rings (SSSR count). The van der Waals surface area contributed by atoms with Crippen LogP contribution in [0.25, 0.3) is 11.3 Å². The van der Waals surface area contributed by atoms with E-state index in [4.69, 9.17) is 4.42 Å². The molecule has 3 heteroatoms. The van der Waals surface area contributed by atoms with Gasteiger partial charge in [0.1, 0.15) is 5.76 Å². The predicted octanol–water partition coefficient (Wildman–Crippen LogP) is 2.81. The van der Waals surface area contributed by atoms with E-state index in [9.17, 15) is 9.90 Å². The molecule has 0 aliphatic heterocycles. The predicted molar refractivity (Wildman–Crippen MR) is 60.2 cm³/mol. The van der Waals surface area contributed by atoms with Crippen molar-refractivity contribution in [3.05, 3.63) is 47.7 Å². The molecule has 0 saturated carbocycles. The first-order valence-electron chi connectivity index (χ1n) is 5.04. The second-order valence-electron chi connectivity index (χ2n) is 3.58. The molecule has 1 aromatic carbocycles. The van der Waals surface area contributed by atoms with E-state index in [1.807, 2.05) is 24.3 Å². The monoisotopic (exact) mass is 216 g/mol. The fraction of sp³-hybridized carbons (Fsp3) is 0.154. The summed E-state index contributed by atoms with van der Waals surface area (Å²) >= 11 is 0. The molecule has 1 atom stereocenters. The number of carbonyl (C=O) groups excluding carboxylic acids is 1. The highest BCUT2D eigenvalue weighted by molar-refractivity contribution is 5.73. The molecule has 0 fully saturated rings. The van der Waals surface area contributed by atoms with Crippen LogP contribution in [0.1, 0.15) is 29.1 Å². The van der Waals surface area contributed by atoms with E-state index in [1.54, 1.807) is 19.1 Å². The summed E-state index contributed by atoms with van der Waals surface area (Å²) in [5.74, 6) is 0.883. The fourth-order valence-corrected chi connectivity index (χ4v) is 1.65. The van der Waals surface area contributed by atoms with Crippen molar-refractivity contribution < 1.29 is 14.3 Å². The van der Waals surface area contributed by atoms with Crippen LogP contribution in [0.15, 0.2) is 40.8 Å². The molecule has 16 heavy (non-hydrogen) atoms. The van der Waals surface area contributed by atoms with Gasteiger partial charge in [0.2, 0.25) is 0 Å². The number of hydrogen-bond acceptors (Lipinski definition) is 3. The van der Waals surface area contributed by atoms with Crippen molar-refractivity contribution in [2.24, 2.45) is 0 Å². The maximum absolute atomic E-state index is 10.5. The molecule has 0 aliphatic rings. The van der Waals surface area contributed by atoms with Gasteiger partial charge in [0, 0.05) is 5.56 Å². The Balaban J connectivity index is 2.50. The highest BCUT2D eigenvalue weighted by Gasteiger charge is 2.11. The summed E-state index contributed by atoms with van der Waals surface area (Å²) in [5.41, 5.74) is 1.60. The third-order valence-electron chi connectivity index (χ3n) is 2.42. The van der Waals surface area contributed by atoms with Gasteiger partial charge >= 0.3 is 0 Å². The van der Waals surface area contributed by atoms with Crippen molar-refractivity contribution in [1.29, 1.82) is 0 Å². The second-order valence-corrected chi connectivity index (χ2v) is 3.58. The first-order valence-corrected chi connectivity index (χ1v) is 5.04. The molecular weight excluding hydrogens is 204 g/mol.